The van der Waals surface area contributed by atoms with Crippen LogP contribution in [0.4, 0.5) is 4.79 Å². The zero-order chi connectivity index (χ0) is 27.8. The van der Waals surface area contributed by atoms with Gasteiger partial charge in [0.1, 0.15) is 17.7 Å². The van der Waals surface area contributed by atoms with Gasteiger partial charge in [0.2, 0.25) is 17.7 Å². The van der Waals surface area contributed by atoms with Gasteiger partial charge in [-0.25, -0.2) is 4.79 Å². The van der Waals surface area contributed by atoms with E-state index >= 15 is 0 Å². The van der Waals surface area contributed by atoms with E-state index in [1.54, 1.807) is 26.8 Å². The number of rotatable bonds is 10. The molecule has 0 saturated heterocycles. The van der Waals surface area contributed by atoms with Crippen molar-refractivity contribution < 1.29 is 23.9 Å². The van der Waals surface area contributed by atoms with Crippen molar-refractivity contribution in [3.63, 3.8) is 0 Å². The van der Waals surface area contributed by atoms with E-state index in [-0.39, 0.29) is 25.3 Å². The summed E-state index contributed by atoms with van der Waals surface area (Å²) in [6.45, 7) is 9.27. The molecule has 0 heterocycles. The summed E-state index contributed by atoms with van der Waals surface area (Å²) in [6.07, 6.45) is -0.975. The number of hydrogen-bond donors (Lipinski definition) is 3. The molecule has 37 heavy (non-hydrogen) atoms. The van der Waals surface area contributed by atoms with Crippen molar-refractivity contribution in [2.24, 2.45) is 5.73 Å². The van der Waals surface area contributed by atoms with Crippen molar-refractivity contribution in [3.8, 4) is 0 Å². The maximum absolute atomic E-state index is 13.6. The third-order valence-corrected chi connectivity index (χ3v) is 5.81. The summed E-state index contributed by atoms with van der Waals surface area (Å²) in [5.41, 5.74) is 8.07. The molecule has 2 aromatic carbocycles. The molecule has 0 aliphatic carbocycles. The Hall–Kier alpha value is -3.88. The molecular formula is C28H38N4O5. The van der Waals surface area contributed by atoms with Crippen LogP contribution in [0.15, 0.2) is 48.5 Å². The van der Waals surface area contributed by atoms with Gasteiger partial charge in [0.25, 0.3) is 0 Å². The second-order valence-electron chi connectivity index (χ2n) is 10.1. The third-order valence-electron chi connectivity index (χ3n) is 5.81. The number of carbonyl (C=O) groups is 4. The van der Waals surface area contributed by atoms with Crippen molar-refractivity contribution >= 4 is 23.8 Å². The van der Waals surface area contributed by atoms with E-state index in [1.807, 2.05) is 56.3 Å². The van der Waals surface area contributed by atoms with E-state index in [1.165, 1.54) is 11.9 Å². The summed E-state index contributed by atoms with van der Waals surface area (Å²) in [6, 6.07) is 12.9. The number of carbonyl (C=O) groups excluding carboxylic acids is 4. The molecular weight excluding hydrogens is 472 g/mol. The predicted octanol–water partition coefficient (Wildman–Crippen LogP) is 3.28. The molecule has 2 aromatic rings. The number of alkyl carbamates (subject to hydrolysis) is 1. The zero-order valence-corrected chi connectivity index (χ0v) is 22.5. The van der Waals surface area contributed by atoms with Gasteiger partial charge in [-0.3, -0.25) is 14.4 Å². The van der Waals surface area contributed by atoms with Gasteiger partial charge in [-0.1, -0.05) is 48.5 Å². The fourth-order valence-corrected chi connectivity index (χ4v) is 3.73. The fraction of sp³-hybridized carbons (Fsp3) is 0.429. The summed E-state index contributed by atoms with van der Waals surface area (Å²) in [7, 11) is 1.50. The molecule has 0 aromatic heterocycles. The van der Waals surface area contributed by atoms with Crippen molar-refractivity contribution in [1.82, 2.24) is 15.5 Å². The van der Waals surface area contributed by atoms with Crippen LogP contribution in [-0.2, 0) is 25.7 Å². The fourth-order valence-electron chi connectivity index (χ4n) is 3.73. The van der Waals surface area contributed by atoms with Crippen LogP contribution < -0.4 is 16.4 Å². The highest BCUT2D eigenvalue weighted by molar-refractivity contribution is 5.92. The smallest absolute Gasteiger partial charge is 0.408 e. The molecule has 0 radical (unpaired) electrons. The highest BCUT2D eigenvalue weighted by Crippen LogP contribution is 2.24. The number of ether oxygens (including phenoxy) is 1. The molecule has 0 saturated carbocycles. The second-order valence-corrected chi connectivity index (χ2v) is 10.1. The number of nitrogens with zero attached hydrogens (tertiary/aromatic N) is 1. The summed E-state index contributed by atoms with van der Waals surface area (Å²) in [4.78, 5) is 52.3. The minimum atomic E-state index is -1.12. The van der Waals surface area contributed by atoms with E-state index in [2.05, 4.69) is 10.6 Å². The van der Waals surface area contributed by atoms with Gasteiger partial charge in [-0.05, 0) is 63.3 Å². The minimum Gasteiger partial charge on any atom is -0.444 e. The van der Waals surface area contributed by atoms with Gasteiger partial charge in [0, 0.05) is 20.0 Å². The van der Waals surface area contributed by atoms with Gasteiger partial charge in [-0.2, -0.15) is 0 Å². The molecule has 0 aliphatic heterocycles. The van der Waals surface area contributed by atoms with Gasteiger partial charge in [-0.15, -0.1) is 0 Å². The zero-order valence-electron chi connectivity index (χ0n) is 22.5. The van der Waals surface area contributed by atoms with Crippen LogP contribution in [0.3, 0.4) is 0 Å². The highest BCUT2D eigenvalue weighted by Gasteiger charge is 2.34. The molecule has 0 fully saturated rings. The van der Waals surface area contributed by atoms with Gasteiger partial charge in [0.15, 0.2) is 0 Å². The van der Waals surface area contributed by atoms with E-state index in [4.69, 9.17) is 10.5 Å². The van der Waals surface area contributed by atoms with E-state index in [9.17, 15) is 19.2 Å². The molecule has 9 heteroatoms. The van der Waals surface area contributed by atoms with Crippen molar-refractivity contribution in [2.75, 3.05) is 7.05 Å². The number of amides is 4. The van der Waals surface area contributed by atoms with E-state index < -0.39 is 35.6 Å². The lowest BCUT2D eigenvalue weighted by molar-refractivity contribution is -0.141. The topological polar surface area (TPSA) is 131 Å². The van der Waals surface area contributed by atoms with Gasteiger partial charge >= 0.3 is 6.09 Å². The van der Waals surface area contributed by atoms with Crippen LogP contribution in [-0.4, -0.2) is 47.4 Å². The van der Waals surface area contributed by atoms with Gasteiger partial charge < -0.3 is 26.0 Å². The van der Waals surface area contributed by atoms with Crippen LogP contribution in [0, 0.1) is 13.8 Å². The number of primary amides is 1. The molecule has 2 atom stereocenters. The lowest BCUT2D eigenvalue weighted by atomic mass is 9.98. The third kappa shape index (κ3) is 9.25. The lowest BCUT2D eigenvalue weighted by Crippen LogP contribution is -2.51. The Morgan fingerprint density at radius 3 is 2.22 bits per heavy atom. The van der Waals surface area contributed by atoms with Crippen LogP contribution in [0.2, 0.25) is 0 Å². The number of benzene rings is 2. The highest BCUT2D eigenvalue weighted by atomic mass is 16.6. The molecule has 200 valence electrons. The summed E-state index contributed by atoms with van der Waals surface area (Å²) in [5.74, 6) is -1.54. The molecule has 2 rings (SSSR count). The Labute approximate surface area is 218 Å². The molecule has 9 nitrogen and oxygen atoms in total. The van der Waals surface area contributed by atoms with Crippen LogP contribution in [0.1, 0.15) is 61.9 Å². The largest absolute Gasteiger partial charge is 0.444 e. The molecule has 4 N–H and O–H groups in total. The lowest BCUT2D eigenvalue weighted by Gasteiger charge is -2.32. The Balaban J connectivity index is 2.35. The normalized spacial score (nSPS) is 12.7. The van der Waals surface area contributed by atoms with Gasteiger partial charge in [0.05, 0.1) is 0 Å². The number of aryl methyl sites for hydroxylation is 2. The Morgan fingerprint density at radius 2 is 1.65 bits per heavy atom. The van der Waals surface area contributed by atoms with E-state index in [0.29, 0.717) is 5.56 Å². The molecule has 0 bridgehead atoms. The first-order valence-corrected chi connectivity index (χ1v) is 12.2. The Bertz CT molecular complexity index is 1110. The van der Waals surface area contributed by atoms with Crippen molar-refractivity contribution in [1.29, 1.82) is 0 Å². The minimum absolute atomic E-state index is 0.0387. The average molecular weight is 511 g/mol. The van der Waals surface area contributed by atoms with E-state index in [0.717, 1.165) is 16.7 Å². The number of nitrogens with one attached hydrogen (secondary N) is 2. The molecule has 0 spiro atoms. The van der Waals surface area contributed by atoms with Crippen molar-refractivity contribution in [2.45, 2.75) is 71.7 Å². The maximum atomic E-state index is 13.6. The second kappa shape index (κ2) is 12.9. The molecule has 4 amide bonds. The molecule has 2 unspecified atom stereocenters. The number of hydrogen-bond acceptors (Lipinski definition) is 5. The van der Waals surface area contributed by atoms with Crippen LogP contribution in [0.5, 0.6) is 0 Å². The average Bonchev–Trinajstić information content (AvgIpc) is 2.81. The Kier molecular flexibility index (Phi) is 10.2. The summed E-state index contributed by atoms with van der Waals surface area (Å²) < 4.78 is 5.30. The summed E-state index contributed by atoms with van der Waals surface area (Å²) >= 11 is 0. The number of likely N-dealkylation sites (N-methyl/N-ethyl adjacent to an activating group) is 1. The van der Waals surface area contributed by atoms with Crippen LogP contribution in [0.25, 0.3) is 0 Å². The standard InChI is InChI=1S/C28H38N4O5/c1-18-12-13-21(16-19(18)2)24(25(34)30-17-20-10-8-7-9-11-20)32(6)26(35)22(14-15-23(29)33)31-27(36)37-28(3,4)5/h7-13,16,22,24H,14-15,17H2,1-6H3,(H2,29,33)(H,30,34)(H,31,36). The first-order valence-electron chi connectivity index (χ1n) is 12.2. The monoisotopic (exact) mass is 510 g/mol. The molecule has 0 aliphatic rings. The predicted molar refractivity (Wildman–Crippen MR) is 141 cm³/mol. The number of nitrogens with two attached hydrogens (primary N) is 1. The SMILES string of the molecule is Cc1ccc(C(C(=O)NCc2ccccc2)N(C)C(=O)C(CCC(N)=O)NC(=O)OC(C)(C)C)cc1C. The van der Waals surface area contributed by atoms with Crippen LogP contribution >= 0.6 is 0 Å². The Morgan fingerprint density at radius 1 is 1.00 bits per heavy atom. The van der Waals surface area contributed by atoms with Crippen molar-refractivity contribution in [3.05, 3.63) is 70.8 Å². The maximum Gasteiger partial charge on any atom is 0.408 e. The summed E-state index contributed by atoms with van der Waals surface area (Å²) in [5, 5.41) is 5.45. The first-order chi connectivity index (χ1) is 17.3. The quantitative estimate of drug-likeness (QED) is 0.452. The first kappa shape index (κ1) is 29.4.